The molecule has 1 fully saturated rings. The smallest absolute Gasteiger partial charge is 0.211 e. The van der Waals surface area contributed by atoms with Crippen LogP contribution >= 0.6 is 12.4 Å². The van der Waals surface area contributed by atoms with Gasteiger partial charge in [0.25, 0.3) is 0 Å². The second-order valence-corrected chi connectivity index (χ2v) is 5.66. The van der Waals surface area contributed by atoms with Gasteiger partial charge in [-0.2, -0.15) is 4.31 Å². The van der Waals surface area contributed by atoms with Gasteiger partial charge in [-0.05, 0) is 13.0 Å². The summed E-state index contributed by atoms with van der Waals surface area (Å²) in [6, 6.07) is -0.0451. The lowest BCUT2D eigenvalue weighted by molar-refractivity contribution is 0.0314. The summed E-state index contributed by atoms with van der Waals surface area (Å²) < 4.78 is 29.3. The lowest BCUT2D eigenvalue weighted by atomic mass is 10.0. The first-order valence-electron chi connectivity index (χ1n) is 4.63. The summed E-state index contributed by atoms with van der Waals surface area (Å²) in [7, 11) is 0.100. The molecule has 1 rings (SSSR count). The molecule has 0 aromatic rings. The van der Waals surface area contributed by atoms with E-state index in [1.165, 1.54) is 10.6 Å². The maximum Gasteiger partial charge on any atom is 0.211 e. The van der Waals surface area contributed by atoms with Crippen LogP contribution < -0.4 is 5.32 Å². The van der Waals surface area contributed by atoms with E-state index in [9.17, 15) is 8.42 Å². The molecule has 7 heteroatoms. The Morgan fingerprint density at radius 3 is 2.53 bits per heavy atom. The molecule has 0 aromatic carbocycles. The zero-order valence-electron chi connectivity index (χ0n) is 9.26. The minimum atomic E-state index is -3.12. The van der Waals surface area contributed by atoms with E-state index in [1.807, 2.05) is 0 Å². The second kappa shape index (κ2) is 6.00. The molecular weight excluding hydrogens is 240 g/mol. The van der Waals surface area contributed by atoms with E-state index in [1.54, 1.807) is 14.2 Å². The van der Waals surface area contributed by atoms with Crippen molar-refractivity contribution in [1.82, 2.24) is 9.62 Å². The predicted octanol–water partition coefficient (Wildman–Crippen LogP) is -0.323. The molecule has 1 aliphatic rings. The number of methoxy groups -OCH3 is 1. The number of sulfonamides is 1. The van der Waals surface area contributed by atoms with Crippen LogP contribution in [0.2, 0.25) is 0 Å². The van der Waals surface area contributed by atoms with Crippen LogP contribution in [0, 0.1) is 0 Å². The molecule has 1 N–H and O–H groups in total. The Morgan fingerprint density at radius 2 is 2.07 bits per heavy atom. The summed E-state index contributed by atoms with van der Waals surface area (Å²) in [6.45, 7) is 1.55. The highest BCUT2D eigenvalue weighted by Gasteiger charge is 2.32. The van der Waals surface area contributed by atoms with Crippen LogP contribution in [0.15, 0.2) is 0 Å². The summed E-state index contributed by atoms with van der Waals surface area (Å²) >= 11 is 0. The number of ether oxygens (including phenoxy) is 1. The monoisotopic (exact) mass is 258 g/mol. The molecule has 0 radical (unpaired) electrons. The van der Waals surface area contributed by atoms with Crippen molar-refractivity contribution in [3.8, 4) is 0 Å². The molecular formula is C8H19ClN2O3S. The summed E-state index contributed by atoms with van der Waals surface area (Å²) in [4.78, 5) is 0. The van der Waals surface area contributed by atoms with E-state index >= 15 is 0 Å². The molecule has 1 heterocycles. The first-order valence-corrected chi connectivity index (χ1v) is 6.48. The van der Waals surface area contributed by atoms with Gasteiger partial charge in [-0.3, -0.25) is 0 Å². The van der Waals surface area contributed by atoms with Gasteiger partial charge in [0.2, 0.25) is 10.0 Å². The third-order valence-corrected chi connectivity index (χ3v) is 4.00. The van der Waals surface area contributed by atoms with Crippen LogP contribution in [0.25, 0.3) is 0 Å². The van der Waals surface area contributed by atoms with E-state index < -0.39 is 10.0 Å². The molecule has 1 saturated heterocycles. The summed E-state index contributed by atoms with van der Waals surface area (Å²) in [5, 5.41) is 3.18. The highest BCUT2D eigenvalue weighted by atomic mass is 35.5. The van der Waals surface area contributed by atoms with Crippen LogP contribution in [0.3, 0.4) is 0 Å². The summed E-state index contributed by atoms with van der Waals surface area (Å²) in [6.07, 6.45) is 1.97. The van der Waals surface area contributed by atoms with Gasteiger partial charge in [-0.15, -0.1) is 12.4 Å². The fraction of sp³-hybridized carbons (Fsp3) is 1.00. The Labute approximate surface area is 97.6 Å². The molecule has 15 heavy (non-hydrogen) atoms. The number of likely N-dealkylation sites (N-methyl/N-ethyl adjacent to an activating group) is 1. The van der Waals surface area contributed by atoms with Crippen molar-refractivity contribution in [1.29, 1.82) is 0 Å². The summed E-state index contributed by atoms with van der Waals surface area (Å²) in [5.74, 6) is 0. The SMILES string of the molecule is CO[C@@H]1CNCC[C@H]1N(C)S(C)(=O)=O.Cl. The molecule has 0 saturated carbocycles. The lowest BCUT2D eigenvalue weighted by Crippen LogP contribution is -2.53. The highest BCUT2D eigenvalue weighted by Crippen LogP contribution is 2.15. The van der Waals surface area contributed by atoms with Gasteiger partial charge < -0.3 is 10.1 Å². The lowest BCUT2D eigenvalue weighted by Gasteiger charge is -2.36. The van der Waals surface area contributed by atoms with Crippen LogP contribution in [0.4, 0.5) is 0 Å². The van der Waals surface area contributed by atoms with E-state index in [4.69, 9.17) is 4.74 Å². The Kier molecular flexibility index (Phi) is 6.05. The predicted molar refractivity (Wildman–Crippen MR) is 61.9 cm³/mol. The molecule has 0 spiro atoms. The van der Waals surface area contributed by atoms with E-state index in [2.05, 4.69) is 5.32 Å². The molecule has 92 valence electrons. The average Bonchev–Trinajstić information content (AvgIpc) is 2.15. The van der Waals surface area contributed by atoms with Crippen LogP contribution in [0.1, 0.15) is 6.42 Å². The molecule has 1 aliphatic heterocycles. The maximum atomic E-state index is 11.3. The molecule has 0 aliphatic carbocycles. The van der Waals surface area contributed by atoms with E-state index in [0.29, 0.717) is 6.54 Å². The number of hydrogen-bond acceptors (Lipinski definition) is 4. The number of nitrogens with zero attached hydrogens (tertiary/aromatic N) is 1. The molecule has 0 bridgehead atoms. The van der Waals surface area contributed by atoms with Gasteiger partial charge in [0.15, 0.2) is 0 Å². The van der Waals surface area contributed by atoms with Gasteiger partial charge in [0.1, 0.15) is 0 Å². The molecule has 0 amide bonds. The van der Waals surface area contributed by atoms with Crippen LogP contribution in [0.5, 0.6) is 0 Å². The standard InChI is InChI=1S/C8H18N2O3S.ClH/c1-10(14(3,11)12)7-4-5-9-6-8(7)13-2;/h7-9H,4-6H2,1-3H3;1H/t7-,8-;/m1./s1. The third-order valence-electron chi connectivity index (χ3n) is 2.68. The van der Waals surface area contributed by atoms with Gasteiger partial charge in [0, 0.05) is 20.7 Å². The van der Waals surface area contributed by atoms with Crippen molar-refractivity contribution in [2.45, 2.75) is 18.6 Å². The molecule has 2 atom stereocenters. The maximum absolute atomic E-state index is 11.3. The van der Waals surface area contributed by atoms with Crippen molar-refractivity contribution in [3.63, 3.8) is 0 Å². The van der Waals surface area contributed by atoms with Crippen molar-refractivity contribution in [2.75, 3.05) is 33.5 Å². The molecule has 5 nitrogen and oxygen atoms in total. The second-order valence-electron chi connectivity index (χ2n) is 3.61. The number of piperidine rings is 1. The van der Waals surface area contributed by atoms with Crippen molar-refractivity contribution in [2.24, 2.45) is 0 Å². The number of nitrogens with one attached hydrogen (secondary N) is 1. The highest BCUT2D eigenvalue weighted by molar-refractivity contribution is 7.88. The Morgan fingerprint density at radius 1 is 1.47 bits per heavy atom. The molecule has 0 aromatic heterocycles. The van der Waals surface area contributed by atoms with E-state index in [-0.39, 0.29) is 24.6 Å². The summed E-state index contributed by atoms with van der Waals surface area (Å²) in [5.41, 5.74) is 0. The third kappa shape index (κ3) is 3.88. The van der Waals surface area contributed by atoms with Gasteiger partial charge in [0.05, 0.1) is 18.4 Å². The largest absolute Gasteiger partial charge is 0.378 e. The van der Waals surface area contributed by atoms with Crippen molar-refractivity contribution in [3.05, 3.63) is 0 Å². The van der Waals surface area contributed by atoms with Crippen molar-refractivity contribution >= 4 is 22.4 Å². The van der Waals surface area contributed by atoms with Gasteiger partial charge in [-0.1, -0.05) is 0 Å². The van der Waals surface area contributed by atoms with Crippen LogP contribution in [-0.4, -0.2) is 58.4 Å². The minimum Gasteiger partial charge on any atom is -0.378 e. The first kappa shape index (κ1) is 15.1. The van der Waals surface area contributed by atoms with Gasteiger partial charge in [-0.25, -0.2) is 8.42 Å². The normalized spacial score (nSPS) is 27.5. The van der Waals surface area contributed by atoms with Gasteiger partial charge >= 0.3 is 0 Å². The number of halogens is 1. The van der Waals surface area contributed by atoms with Crippen LogP contribution in [-0.2, 0) is 14.8 Å². The quantitative estimate of drug-likeness (QED) is 0.754. The fourth-order valence-electron chi connectivity index (χ4n) is 1.72. The molecule has 0 unspecified atom stereocenters. The topological polar surface area (TPSA) is 58.6 Å². The Bertz CT molecular complexity index is 284. The fourth-order valence-corrected chi connectivity index (χ4v) is 2.45. The minimum absolute atomic E-state index is 0. The Hall–Kier alpha value is 0.120. The van der Waals surface area contributed by atoms with E-state index in [0.717, 1.165) is 13.0 Å². The Balaban J connectivity index is 0.00000196. The number of hydrogen-bond donors (Lipinski definition) is 1. The van der Waals surface area contributed by atoms with Crippen molar-refractivity contribution < 1.29 is 13.2 Å². The number of rotatable bonds is 3. The average molecular weight is 259 g/mol. The first-order chi connectivity index (χ1) is 6.46. The zero-order valence-corrected chi connectivity index (χ0v) is 10.9. The zero-order chi connectivity index (χ0) is 10.8.